The molecule has 0 aliphatic carbocycles. The Morgan fingerprint density at radius 3 is 2.46 bits per heavy atom. The van der Waals surface area contributed by atoms with Crippen LogP contribution < -0.4 is 0 Å². The molecule has 3 atom stereocenters. The molecule has 0 bridgehead atoms. The Balaban J connectivity index is 2.08. The smallest absolute Gasteiger partial charge is 0.409 e. The fraction of sp³-hybridized carbons (Fsp3) is 0.833. The monoisotopic (exact) mass is 408 g/mol. The SMILES string of the molecule is CCOC(=O)CC(=O)[C@@H]1CCN(C(=O)OC)[C@H](CN2CCC[C@H]2C(F)(F)F)C1. The van der Waals surface area contributed by atoms with E-state index >= 15 is 0 Å². The third-order valence-corrected chi connectivity index (χ3v) is 5.39. The van der Waals surface area contributed by atoms with Crippen LogP contribution in [-0.2, 0) is 19.1 Å². The highest BCUT2D eigenvalue weighted by atomic mass is 19.4. The van der Waals surface area contributed by atoms with E-state index in [2.05, 4.69) is 0 Å². The molecule has 2 heterocycles. The Morgan fingerprint density at radius 1 is 1.14 bits per heavy atom. The summed E-state index contributed by atoms with van der Waals surface area (Å²) in [5.74, 6) is -1.42. The molecular weight excluding hydrogens is 381 g/mol. The number of alkyl halides is 3. The van der Waals surface area contributed by atoms with Gasteiger partial charge in [0, 0.05) is 25.0 Å². The summed E-state index contributed by atoms with van der Waals surface area (Å²) < 4.78 is 49.3. The summed E-state index contributed by atoms with van der Waals surface area (Å²) in [5, 5.41) is 0. The van der Waals surface area contributed by atoms with Crippen molar-refractivity contribution in [2.75, 3.05) is 33.4 Å². The number of piperidine rings is 1. The van der Waals surface area contributed by atoms with E-state index in [-0.39, 0.29) is 51.3 Å². The van der Waals surface area contributed by atoms with Gasteiger partial charge < -0.3 is 14.4 Å². The second kappa shape index (κ2) is 9.58. The number of nitrogens with zero attached hydrogens (tertiary/aromatic N) is 2. The van der Waals surface area contributed by atoms with Gasteiger partial charge in [-0.05, 0) is 39.2 Å². The lowest BCUT2D eigenvalue weighted by atomic mass is 9.86. The van der Waals surface area contributed by atoms with Crippen LogP contribution in [0.4, 0.5) is 18.0 Å². The summed E-state index contributed by atoms with van der Waals surface area (Å²) in [5.41, 5.74) is 0. The van der Waals surface area contributed by atoms with Crippen LogP contribution in [0.3, 0.4) is 0 Å². The van der Waals surface area contributed by atoms with Crippen LogP contribution in [0, 0.1) is 5.92 Å². The van der Waals surface area contributed by atoms with Crippen LogP contribution in [0.15, 0.2) is 0 Å². The van der Waals surface area contributed by atoms with Gasteiger partial charge >= 0.3 is 18.2 Å². The molecule has 0 spiro atoms. The Labute approximate surface area is 162 Å². The van der Waals surface area contributed by atoms with Crippen molar-refractivity contribution in [3.63, 3.8) is 0 Å². The number of rotatable bonds is 6. The second-order valence-corrected chi connectivity index (χ2v) is 7.18. The van der Waals surface area contributed by atoms with Crippen LogP contribution in [0.25, 0.3) is 0 Å². The molecule has 2 saturated heterocycles. The van der Waals surface area contributed by atoms with Crippen molar-refractivity contribution in [2.24, 2.45) is 5.92 Å². The number of ether oxygens (including phenoxy) is 2. The lowest BCUT2D eigenvalue weighted by Crippen LogP contribution is -2.54. The van der Waals surface area contributed by atoms with Crippen molar-refractivity contribution in [3.05, 3.63) is 0 Å². The summed E-state index contributed by atoms with van der Waals surface area (Å²) >= 11 is 0. The van der Waals surface area contributed by atoms with E-state index in [1.165, 1.54) is 16.9 Å². The summed E-state index contributed by atoms with van der Waals surface area (Å²) in [6.45, 7) is 2.31. The number of Topliss-reactive ketones (excluding diaryl/α,β-unsaturated/α-hetero) is 1. The van der Waals surface area contributed by atoms with Crippen LogP contribution >= 0.6 is 0 Å². The Morgan fingerprint density at radius 2 is 1.86 bits per heavy atom. The van der Waals surface area contributed by atoms with Crippen molar-refractivity contribution >= 4 is 17.8 Å². The van der Waals surface area contributed by atoms with E-state index in [0.29, 0.717) is 12.8 Å². The van der Waals surface area contributed by atoms with Gasteiger partial charge in [0.05, 0.1) is 13.7 Å². The molecule has 2 rings (SSSR count). The molecule has 2 aliphatic rings. The minimum Gasteiger partial charge on any atom is -0.466 e. The minimum atomic E-state index is -4.33. The molecule has 10 heteroatoms. The van der Waals surface area contributed by atoms with Crippen LogP contribution in [-0.4, -0.2) is 79.3 Å². The zero-order valence-corrected chi connectivity index (χ0v) is 16.2. The molecule has 0 aromatic carbocycles. The highest BCUT2D eigenvalue weighted by molar-refractivity contribution is 5.96. The largest absolute Gasteiger partial charge is 0.466 e. The maximum Gasteiger partial charge on any atom is 0.409 e. The van der Waals surface area contributed by atoms with Gasteiger partial charge in [0.2, 0.25) is 0 Å². The number of halogens is 3. The van der Waals surface area contributed by atoms with Gasteiger partial charge in [-0.2, -0.15) is 13.2 Å². The first-order valence-corrected chi connectivity index (χ1v) is 9.51. The van der Waals surface area contributed by atoms with Crippen molar-refractivity contribution < 1.29 is 37.0 Å². The predicted molar refractivity (Wildman–Crippen MR) is 92.5 cm³/mol. The molecule has 2 fully saturated rings. The fourth-order valence-electron chi connectivity index (χ4n) is 4.06. The molecule has 2 aliphatic heterocycles. The van der Waals surface area contributed by atoms with Gasteiger partial charge in [-0.25, -0.2) is 4.79 Å². The Kier molecular flexibility index (Phi) is 7.68. The van der Waals surface area contributed by atoms with Gasteiger partial charge in [-0.3, -0.25) is 14.5 Å². The van der Waals surface area contributed by atoms with Crippen LogP contribution in [0.5, 0.6) is 0 Å². The van der Waals surface area contributed by atoms with Crippen molar-refractivity contribution in [2.45, 2.75) is 57.3 Å². The van der Waals surface area contributed by atoms with Gasteiger partial charge in [0.15, 0.2) is 0 Å². The van der Waals surface area contributed by atoms with Crippen LogP contribution in [0.2, 0.25) is 0 Å². The Hall–Kier alpha value is -1.84. The number of hydrogen-bond acceptors (Lipinski definition) is 6. The predicted octanol–water partition coefficient (Wildman–Crippen LogP) is 2.38. The lowest BCUT2D eigenvalue weighted by Gasteiger charge is -2.41. The van der Waals surface area contributed by atoms with E-state index < -0.39 is 36.2 Å². The van der Waals surface area contributed by atoms with Crippen molar-refractivity contribution in [3.8, 4) is 0 Å². The number of hydrogen-bond donors (Lipinski definition) is 0. The lowest BCUT2D eigenvalue weighted by molar-refractivity contribution is -0.177. The number of likely N-dealkylation sites (tertiary alicyclic amines) is 2. The maximum absolute atomic E-state index is 13.3. The zero-order chi connectivity index (χ0) is 20.9. The Bertz CT molecular complexity index is 584. The highest BCUT2D eigenvalue weighted by Crippen LogP contribution is 2.34. The normalized spacial score (nSPS) is 26.2. The topological polar surface area (TPSA) is 76.2 Å². The standard InChI is InChI=1S/C18H27F3N2O5/c1-3-28-16(25)10-14(24)12-6-8-23(17(26)27-2)13(9-12)11-22-7-4-5-15(22)18(19,20)21/h12-13,15H,3-11H2,1-2H3/t12-,13+,15+/m1/s1. The summed E-state index contributed by atoms with van der Waals surface area (Å²) in [6, 6.07) is -2.12. The second-order valence-electron chi connectivity index (χ2n) is 7.18. The van der Waals surface area contributed by atoms with E-state index in [1.807, 2.05) is 0 Å². The summed E-state index contributed by atoms with van der Waals surface area (Å²) in [7, 11) is 1.21. The number of amides is 1. The van der Waals surface area contributed by atoms with Gasteiger partial charge in [-0.15, -0.1) is 0 Å². The first-order chi connectivity index (χ1) is 13.2. The number of carbonyl (C=O) groups is 3. The van der Waals surface area contributed by atoms with Gasteiger partial charge in [0.25, 0.3) is 0 Å². The molecule has 0 aromatic heterocycles. The molecule has 1 amide bonds. The number of carbonyl (C=O) groups excluding carboxylic acids is 3. The third kappa shape index (κ3) is 5.59. The molecule has 0 aromatic rings. The number of esters is 1. The third-order valence-electron chi connectivity index (χ3n) is 5.39. The van der Waals surface area contributed by atoms with Crippen molar-refractivity contribution in [1.29, 1.82) is 0 Å². The number of ketones is 1. The average Bonchev–Trinajstić information content (AvgIpc) is 3.09. The molecule has 7 nitrogen and oxygen atoms in total. The maximum atomic E-state index is 13.3. The number of methoxy groups -OCH3 is 1. The van der Waals surface area contributed by atoms with E-state index in [1.54, 1.807) is 6.92 Å². The summed E-state index contributed by atoms with van der Waals surface area (Å²) in [6.07, 6.45) is -4.32. The molecule has 160 valence electrons. The zero-order valence-electron chi connectivity index (χ0n) is 16.2. The quantitative estimate of drug-likeness (QED) is 0.496. The first kappa shape index (κ1) is 22.4. The molecule has 0 unspecified atom stereocenters. The summed E-state index contributed by atoms with van der Waals surface area (Å²) in [4.78, 5) is 38.8. The van der Waals surface area contributed by atoms with E-state index in [4.69, 9.17) is 9.47 Å². The van der Waals surface area contributed by atoms with Crippen molar-refractivity contribution in [1.82, 2.24) is 9.80 Å². The molecule has 0 N–H and O–H groups in total. The van der Waals surface area contributed by atoms with Crippen LogP contribution in [0.1, 0.15) is 39.0 Å². The fourth-order valence-corrected chi connectivity index (χ4v) is 4.06. The van der Waals surface area contributed by atoms with E-state index in [9.17, 15) is 27.6 Å². The molecule has 0 radical (unpaired) electrons. The van der Waals surface area contributed by atoms with Gasteiger partial charge in [-0.1, -0.05) is 0 Å². The van der Waals surface area contributed by atoms with Gasteiger partial charge in [0.1, 0.15) is 18.2 Å². The van der Waals surface area contributed by atoms with E-state index in [0.717, 1.165) is 0 Å². The first-order valence-electron chi connectivity index (χ1n) is 9.51. The highest BCUT2D eigenvalue weighted by Gasteiger charge is 2.47. The minimum absolute atomic E-state index is 0.0163. The molecular formula is C18H27F3N2O5. The molecule has 28 heavy (non-hydrogen) atoms. The molecule has 0 saturated carbocycles. The average molecular weight is 408 g/mol.